The van der Waals surface area contributed by atoms with E-state index in [2.05, 4.69) is 0 Å². The zero-order valence-corrected chi connectivity index (χ0v) is 18.4. The number of amides is 1. The van der Waals surface area contributed by atoms with Crippen LogP contribution in [0.25, 0.3) is 0 Å². The Kier molecular flexibility index (Phi) is 7.99. The summed E-state index contributed by atoms with van der Waals surface area (Å²) in [5.41, 5.74) is 0.945. The van der Waals surface area contributed by atoms with Gasteiger partial charge in [0.2, 0.25) is 5.91 Å². The van der Waals surface area contributed by atoms with Crippen molar-refractivity contribution in [3.8, 4) is 0 Å². The predicted molar refractivity (Wildman–Crippen MR) is 121 cm³/mol. The van der Waals surface area contributed by atoms with Gasteiger partial charge in [0.15, 0.2) is 5.12 Å². The number of carboxylic acids is 1. The molecular formula is C23H25NO4S2. The van der Waals surface area contributed by atoms with Gasteiger partial charge in [-0.15, -0.1) is 11.8 Å². The van der Waals surface area contributed by atoms with Crippen LogP contribution < -0.4 is 0 Å². The lowest BCUT2D eigenvalue weighted by Gasteiger charge is -2.24. The Labute approximate surface area is 185 Å². The van der Waals surface area contributed by atoms with E-state index in [0.29, 0.717) is 25.1 Å². The molecule has 1 saturated heterocycles. The lowest BCUT2D eigenvalue weighted by molar-refractivity contribution is -0.149. The molecule has 2 aromatic carbocycles. The number of hydrogen-bond donors (Lipinski definition) is 1. The Morgan fingerprint density at radius 1 is 1.07 bits per heavy atom. The van der Waals surface area contributed by atoms with Gasteiger partial charge in [0.1, 0.15) is 6.04 Å². The molecule has 0 aromatic heterocycles. The molecule has 2 aromatic rings. The Hall–Kier alpha value is -2.25. The van der Waals surface area contributed by atoms with Gasteiger partial charge in [-0.05, 0) is 24.1 Å². The second-order valence-corrected chi connectivity index (χ2v) is 9.83. The third-order valence-corrected chi connectivity index (χ3v) is 7.34. The van der Waals surface area contributed by atoms with Crippen LogP contribution in [0.1, 0.15) is 18.9 Å². The van der Waals surface area contributed by atoms with E-state index in [-0.39, 0.29) is 16.3 Å². The monoisotopic (exact) mass is 443 g/mol. The van der Waals surface area contributed by atoms with E-state index in [4.69, 9.17) is 0 Å². The smallest absolute Gasteiger partial charge is 0.326 e. The molecule has 1 N–H and O–H groups in total. The van der Waals surface area contributed by atoms with Gasteiger partial charge in [0.05, 0.1) is 0 Å². The third kappa shape index (κ3) is 6.12. The highest BCUT2D eigenvalue weighted by atomic mass is 32.2. The molecule has 1 amide bonds. The largest absolute Gasteiger partial charge is 0.480 e. The van der Waals surface area contributed by atoms with Crippen molar-refractivity contribution in [3.05, 3.63) is 66.2 Å². The molecule has 1 heterocycles. The van der Waals surface area contributed by atoms with E-state index in [1.165, 1.54) is 4.90 Å². The average Bonchev–Trinajstić information content (AvgIpc) is 3.17. The van der Waals surface area contributed by atoms with Crippen LogP contribution in [0.15, 0.2) is 65.6 Å². The molecule has 5 nitrogen and oxygen atoms in total. The van der Waals surface area contributed by atoms with E-state index in [1.807, 2.05) is 60.7 Å². The Bertz CT molecular complexity index is 875. The average molecular weight is 444 g/mol. The van der Waals surface area contributed by atoms with Crippen LogP contribution in [0, 0.1) is 5.92 Å². The van der Waals surface area contributed by atoms with Crippen molar-refractivity contribution in [2.75, 3.05) is 12.3 Å². The first-order valence-corrected chi connectivity index (χ1v) is 11.7. The van der Waals surface area contributed by atoms with Crippen LogP contribution in [-0.2, 0) is 20.8 Å². The van der Waals surface area contributed by atoms with Crippen molar-refractivity contribution in [2.45, 2.75) is 36.0 Å². The number of thioether (sulfide) groups is 2. The molecular weight excluding hydrogens is 418 g/mol. The van der Waals surface area contributed by atoms with Crippen molar-refractivity contribution < 1.29 is 19.5 Å². The van der Waals surface area contributed by atoms with Gasteiger partial charge in [-0.25, -0.2) is 4.79 Å². The van der Waals surface area contributed by atoms with Crippen LogP contribution >= 0.6 is 23.5 Å². The van der Waals surface area contributed by atoms with E-state index >= 15 is 0 Å². The first-order valence-electron chi connectivity index (χ1n) is 9.88. The van der Waals surface area contributed by atoms with Gasteiger partial charge in [-0.3, -0.25) is 9.59 Å². The molecule has 0 bridgehead atoms. The van der Waals surface area contributed by atoms with Crippen LogP contribution in [0.3, 0.4) is 0 Å². The van der Waals surface area contributed by atoms with Crippen molar-refractivity contribution in [2.24, 2.45) is 5.92 Å². The van der Waals surface area contributed by atoms with Crippen LogP contribution in [0.4, 0.5) is 0 Å². The number of carbonyl (C=O) groups excluding carboxylic acids is 2. The summed E-state index contributed by atoms with van der Waals surface area (Å²) in [7, 11) is 0. The number of carbonyl (C=O) groups is 3. The summed E-state index contributed by atoms with van der Waals surface area (Å²) in [6, 6.07) is 18.5. The highest BCUT2D eigenvalue weighted by Crippen LogP contribution is 2.34. The number of nitrogens with zero attached hydrogens (tertiary/aromatic N) is 1. The Balaban J connectivity index is 1.55. The molecule has 0 saturated carbocycles. The quantitative estimate of drug-likeness (QED) is 0.665. The molecule has 1 fully saturated rings. The standard InChI is InChI=1S/C23H25NO4S2/c1-16(15-29-21(25)12-17-8-4-2-5-9-17)22(26)24-14-19(13-20(24)23(27)28)30-18-10-6-3-7-11-18/h2-11,16,19-20H,12-15H2,1H3,(H,27,28)/t16?,19-,20-/m0/s1. The van der Waals surface area contributed by atoms with Gasteiger partial charge < -0.3 is 10.0 Å². The van der Waals surface area contributed by atoms with Crippen LogP contribution in [-0.4, -0.2) is 50.6 Å². The Morgan fingerprint density at radius 3 is 2.33 bits per heavy atom. The molecule has 30 heavy (non-hydrogen) atoms. The zero-order chi connectivity index (χ0) is 21.5. The minimum absolute atomic E-state index is 0.00886. The summed E-state index contributed by atoms with van der Waals surface area (Å²) in [4.78, 5) is 39.5. The van der Waals surface area contributed by atoms with Crippen molar-refractivity contribution in [1.29, 1.82) is 0 Å². The second-order valence-electron chi connectivity index (χ2n) is 7.38. The molecule has 1 unspecified atom stereocenters. The van der Waals surface area contributed by atoms with E-state index in [9.17, 15) is 19.5 Å². The van der Waals surface area contributed by atoms with Gasteiger partial charge >= 0.3 is 5.97 Å². The number of rotatable bonds is 8. The maximum Gasteiger partial charge on any atom is 0.326 e. The highest BCUT2D eigenvalue weighted by Gasteiger charge is 2.41. The van der Waals surface area contributed by atoms with E-state index in [1.54, 1.807) is 18.7 Å². The second kappa shape index (κ2) is 10.7. The predicted octanol–water partition coefficient (Wildman–Crippen LogP) is 3.97. The van der Waals surface area contributed by atoms with Crippen LogP contribution in [0.2, 0.25) is 0 Å². The van der Waals surface area contributed by atoms with Crippen molar-refractivity contribution >= 4 is 40.5 Å². The summed E-state index contributed by atoms with van der Waals surface area (Å²) in [6.45, 7) is 2.17. The number of hydrogen-bond acceptors (Lipinski definition) is 5. The van der Waals surface area contributed by atoms with Gasteiger partial charge in [-0.1, -0.05) is 67.2 Å². The fourth-order valence-corrected chi connectivity index (χ4v) is 5.50. The minimum atomic E-state index is -0.973. The molecule has 1 aliphatic rings. The van der Waals surface area contributed by atoms with Gasteiger partial charge in [-0.2, -0.15) is 0 Å². The van der Waals surface area contributed by atoms with E-state index in [0.717, 1.165) is 22.2 Å². The third-order valence-electron chi connectivity index (χ3n) is 4.98. The first-order chi connectivity index (χ1) is 14.4. The summed E-state index contributed by atoms with van der Waals surface area (Å²) in [6.07, 6.45) is 0.747. The summed E-state index contributed by atoms with van der Waals surface area (Å²) in [5, 5.41) is 9.67. The molecule has 1 aliphatic heterocycles. The number of carboxylic acid groups (broad SMARTS) is 1. The fraction of sp³-hybridized carbons (Fsp3) is 0.348. The molecule has 7 heteroatoms. The van der Waals surface area contributed by atoms with Crippen molar-refractivity contribution in [3.63, 3.8) is 0 Å². The first kappa shape index (κ1) is 22.4. The maximum atomic E-state index is 13.0. The molecule has 3 atom stereocenters. The number of likely N-dealkylation sites (tertiary alicyclic amines) is 1. The highest BCUT2D eigenvalue weighted by molar-refractivity contribution is 8.13. The number of aliphatic carboxylic acids is 1. The minimum Gasteiger partial charge on any atom is -0.480 e. The van der Waals surface area contributed by atoms with Gasteiger partial charge in [0.25, 0.3) is 0 Å². The SMILES string of the molecule is CC(CSC(=O)Cc1ccccc1)C(=O)N1C[C@@H](Sc2ccccc2)C[C@H]1C(=O)O. The lowest BCUT2D eigenvalue weighted by atomic mass is 10.1. The summed E-state index contributed by atoms with van der Waals surface area (Å²) >= 11 is 2.75. The van der Waals surface area contributed by atoms with Crippen molar-refractivity contribution in [1.82, 2.24) is 4.90 Å². The van der Waals surface area contributed by atoms with Gasteiger partial charge in [0, 0.05) is 34.8 Å². The fourth-order valence-electron chi connectivity index (χ4n) is 3.44. The number of benzene rings is 2. The molecule has 158 valence electrons. The molecule has 0 aliphatic carbocycles. The zero-order valence-electron chi connectivity index (χ0n) is 16.8. The lowest BCUT2D eigenvalue weighted by Crippen LogP contribution is -2.43. The molecule has 3 rings (SSSR count). The normalized spacial score (nSPS) is 19.4. The maximum absolute atomic E-state index is 13.0. The Morgan fingerprint density at radius 2 is 1.70 bits per heavy atom. The molecule has 0 spiro atoms. The molecule has 0 radical (unpaired) electrons. The topological polar surface area (TPSA) is 74.7 Å². The summed E-state index contributed by atoms with van der Waals surface area (Å²) in [5.74, 6) is -1.24. The van der Waals surface area contributed by atoms with Crippen LogP contribution in [0.5, 0.6) is 0 Å². The summed E-state index contributed by atoms with van der Waals surface area (Å²) < 4.78 is 0. The van der Waals surface area contributed by atoms with E-state index < -0.39 is 17.9 Å².